The molecule has 1 aliphatic carbocycles. The van der Waals surface area contributed by atoms with Crippen molar-refractivity contribution in [2.24, 2.45) is 11.8 Å². The van der Waals surface area contributed by atoms with E-state index in [1.165, 1.54) is 82.6 Å². The summed E-state index contributed by atoms with van der Waals surface area (Å²) in [5.74, 6) is 3.38. The second kappa shape index (κ2) is 11.9. The molecule has 3 nitrogen and oxygen atoms in total. The fourth-order valence-corrected chi connectivity index (χ4v) is 4.61. The van der Waals surface area contributed by atoms with E-state index in [-0.39, 0.29) is 0 Å². The number of aromatic nitrogens is 2. The van der Waals surface area contributed by atoms with E-state index in [4.69, 9.17) is 4.74 Å². The minimum Gasteiger partial charge on any atom is -0.494 e. The molecule has 0 N–H and O–H groups in total. The van der Waals surface area contributed by atoms with Crippen molar-refractivity contribution in [3.05, 3.63) is 42.2 Å². The standard InChI is InChI=1S/C26H38N2O/c1-3-4-5-6-7-8-21-9-11-22(12-10-21)13-14-23-15-17-24(18-16-23)26-27-19-25(29-2)20-28-26/h15-22H,3-14H2,1-2H3/t21-,22-. The Morgan fingerprint density at radius 3 is 2.07 bits per heavy atom. The average Bonchev–Trinajstić information content (AvgIpc) is 2.79. The Bertz CT molecular complexity index is 688. The molecule has 1 saturated carbocycles. The highest BCUT2D eigenvalue weighted by Crippen LogP contribution is 2.34. The molecule has 0 unspecified atom stereocenters. The van der Waals surface area contributed by atoms with Crippen LogP contribution in [0.5, 0.6) is 5.75 Å². The molecule has 1 aromatic carbocycles. The second-order valence-corrected chi connectivity index (χ2v) is 8.77. The predicted octanol–water partition coefficient (Wildman–Crippen LogP) is 7.25. The molecule has 3 rings (SSSR count). The number of benzene rings is 1. The first-order chi connectivity index (χ1) is 14.3. The first kappa shape index (κ1) is 21.8. The third-order valence-electron chi connectivity index (χ3n) is 6.60. The second-order valence-electron chi connectivity index (χ2n) is 8.77. The summed E-state index contributed by atoms with van der Waals surface area (Å²) in [6, 6.07) is 8.77. The zero-order valence-electron chi connectivity index (χ0n) is 18.4. The van der Waals surface area contributed by atoms with Gasteiger partial charge in [-0.2, -0.15) is 0 Å². The van der Waals surface area contributed by atoms with Gasteiger partial charge in [-0.15, -0.1) is 0 Å². The van der Waals surface area contributed by atoms with Crippen molar-refractivity contribution in [1.29, 1.82) is 0 Å². The summed E-state index contributed by atoms with van der Waals surface area (Å²) in [6.07, 6.45) is 20.4. The molecule has 0 aliphatic heterocycles. The highest BCUT2D eigenvalue weighted by Gasteiger charge is 2.20. The lowest BCUT2D eigenvalue weighted by Crippen LogP contribution is -2.15. The maximum Gasteiger partial charge on any atom is 0.159 e. The zero-order valence-corrected chi connectivity index (χ0v) is 18.4. The quantitative estimate of drug-likeness (QED) is 0.376. The first-order valence-electron chi connectivity index (χ1n) is 11.7. The smallest absolute Gasteiger partial charge is 0.159 e. The Labute approximate surface area is 177 Å². The Balaban J connectivity index is 1.36. The molecule has 1 fully saturated rings. The van der Waals surface area contributed by atoms with E-state index in [1.807, 2.05) is 0 Å². The largest absolute Gasteiger partial charge is 0.494 e. The SMILES string of the molecule is CCCCCCC[C@H]1CC[C@H](CCc2ccc(-c3ncc(OC)cn3)cc2)CC1. The van der Waals surface area contributed by atoms with Crippen LogP contribution in [0.25, 0.3) is 11.4 Å². The molecule has 0 bridgehead atoms. The van der Waals surface area contributed by atoms with Crippen LogP contribution in [0.2, 0.25) is 0 Å². The Hall–Kier alpha value is -1.90. The molecule has 1 heterocycles. The van der Waals surface area contributed by atoms with Crippen LogP contribution in [0.4, 0.5) is 0 Å². The van der Waals surface area contributed by atoms with E-state index in [0.717, 1.165) is 23.2 Å². The van der Waals surface area contributed by atoms with Crippen molar-refractivity contribution in [3.63, 3.8) is 0 Å². The van der Waals surface area contributed by atoms with Gasteiger partial charge in [-0.1, -0.05) is 95.4 Å². The number of rotatable bonds is 11. The fourth-order valence-electron chi connectivity index (χ4n) is 4.61. The molecule has 29 heavy (non-hydrogen) atoms. The Kier molecular flexibility index (Phi) is 8.98. The van der Waals surface area contributed by atoms with Crippen molar-refractivity contribution in [2.45, 2.75) is 84.0 Å². The monoisotopic (exact) mass is 394 g/mol. The number of hydrogen-bond acceptors (Lipinski definition) is 3. The zero-order chi connectivity index (χ0) is 20.3. The van der Waals surface area contributed by atoms with Crippen molar-refractivity contribution in [3.8, 4) is 17.1 Å². The molecule has 1 aromatic heterocycles. The maximum absolute atomic E-state index is 5.13. The molecule has 158 valence electrons. The Morgan fingerprint density at radius 1 is 0.828 bits per heavy atom. The number of unbranched alkanes of at least 4 members (excludes halogenated alkanes) is 4. The molecule has 2 aromatic rings. The van der Waals surface area contributed by atoms with E-state index in [1.54, 1.807) is 19.5 Å². The summed E-state index contributed by atoms with van der Waals surface area (Å²) in [5, 5.41) is 0. The maximum atomic E-state index is 5.13. The van der Waals surface area contributed by atoms with E-state index in [0.29, 0.717) is 5.75 Å². The average molecular weight is 395 g/mol. The normalized spacial score (nSPS) is 19.2. The van der Waals surface area contributed by atoms with Gasteiger partial charge in [-0.05, 0) is 30.2 Å². The van der Waals surface area contributed by atoms with Crippen LogP contribution >= 0.6 is 0 Å². The lowest BCUT2D eigenvalue weighted by atomic mass is 9.77. The number of hydrogen-bond donors (Lipinski definition) is 0. The van der Waals surface area contributed by atoms with Crippen molar-refractivity contribution in [1.82, 2.24) is 9.97 Å². The van der Waals surface area contributed by atoms with Crippen LogP contribution in [-0.2, 0) is 6.42 Å². The molecule has 0 saturated heterocycles. The van der Waals surface area contributed by atoms with Crippen LogP contribution in [-0.4, -0.2) is 17.1 Å². The van der Waals surface area contributed by atoms with Gasteiger partial charge in [0.05, 0.1) is 19.5 Å². The fraction of sp³-hybridized carbons (Fsp3) is 0.615. The molecule has 3 heteroatoms. The van der Waals surface area contributed by atoms with Gasteiger partial charge in [0.25, 0.3) is 0 Å². The summed E-state index contributed by atoms with van der Waals surface area (Å²) in [6.45, 7) is 2.30. The van der Waals surface area contributed by atoms with E-state index >= 15 is 0 Å². The lowest BCUT2D eigenvalue weighted by molar-refractivity contribution is 0.248. The van der Waals surface area contributed by atoms with Gasteiger partial charge in [-0.3, -0.25) is 0 Å². The number of aryl methyl sites for hydroxylation is 1. The number of methoxy groups -OCH3 is 1. The summed E-state index contributed by atoms with van der Waals surface area (Å²) >= 11 is 0. The van der Waals surface area contributed by atoms with Gasteiger partial charge >= 0.3 is 0 Å². The first-order valence-corrected chi connectivity index (χ1v) is 11.7. The van der Waals surface area contributed by atoms with Crippen molar-refractivity contribution < 1.29 is 4.74 Å². The highest BCUT2D eigenvalue weighted by molar-refractivity contribution is 5.55. The van der Waals surface area contributed by atoms with Gasteiger partial charge in [0.1, 0.15) is 0 Å². The topological polar surface area (TPSA) is 35.0 Å². The van der Waals surface area contributed by atoms with Gasteiger partial charge < -0.3 is 4.74 Å². The summed E-state index contributed by atoms with van der Waals surface area (Å²) in [7, 11) is 1.63. The molecule has 0 atom stereocenters. The summed E-state index contributed by atoms with van der Waals surface area (Å²) in [4.78, 5) is 8.75. The van der Waals surface area contributed by atoms with E-state index < -0.39 is 0 Å². The number of nitrogens with zero attached hydrogens (tertiary/aromatic N) is 2. The van der Waals surface area contributed by atoms with Gasteiger partial charge in [-0.25, -0.2) is 9.97 Å². The predicted molar refractivity (Wildman–Crippen MR) is 121 cm³/mol. The van der Waals surface area contributed by atoms with Gasteiger partial charge in [0, 0.05) is 5.56 Å². The third kappa shape index (κ3) is 7.13. The third-order valence-corrected chi connectivity index (χ3v) is 6.60. The van der Waals surface area contributed by atoms with Crippen LogP contribution < -0.4 is 4.74 Å². The minimum atomic E-state index is 0.691. The van der Waals surface area contributed by atoms with Crippen molar-refractivity contribution in [2.75, 3.05) is 7.11 Å². The molecule has 0 radical (unpaired) electrons. The van der Waals surface area contributed by atoms with Gasteiger partial charge in [0.2, 0.25) is 0 Å². The van der Waals surface area contributed by atoms with E-state index in [9.17, 15) is 0 Å². The summed E-state index contributed by atoms with van der Waals surface area (Å²) < 4.78 is 5.13. The van der Waals surface area contributed by atoms with Crippen LogP contribution in [0.15, 0.2) is 36.7 Å². The molecule has 0 amide bonds. The van der Waals surface area contributed by atoms with Crippen LogP contribution in [0, 0.1) is 11.8 Å². The van der Waals surface area contributed by atoms with E-state index in [2.05, 4.69) is 41.2 Å². The molecular formula is C26H38N2O. The lowest BCUT2D eigenvalue weighted by Gasteiger charge is -2.28. The molecule has 0 spiro atoms. The molecule has 1 aliphatic rings. The molecular weight excluding hydrogens is 356 g/mol. The number of ether oxygens (including phenoxy) is 1. The minimum absolute atomic E-state index is 0.691. The highest BCUT2D eigenvalue weighted by atomic mass is 16.5. The Morgan fingerprint density at radius 2 is 1.45 bits per heavy atom. The van der Waals surface area contributed by atoms with Crippen molar-refractivity contribution >= 4 is 0 Å². The summed E-state index contributed by atoms with van der Waals surface area (Å²) in [5.41, 5.74) is 2.50. The van der Waals surface area contributed by atoms with Crippen LogP contribution in [0.1, 0.15) is 83.1 Å². The van der Waals surface area contributed by atoms with Crippen LogP contribution in [0.3, 0.4) is 0 Å². The van der Waals surface area contributed by atoms with Gasteiger partial charge in [0.15, 0.2) is 11.6 Å².